The molecule has 2 heterocycles. The lowest BCUT2D eigenvalue weighted by molar-refractivity contribution is -0.138. The summed E-state index contributed by atoms with van der Waals surface area (Å²) in [7, 11) is 0. The average molecular weight is 460 g/mol. The SMILES string of the molecule is CCOC(=O)C1=C(C)NC2=C(C(=O)CCC2)[C@H]1c1ccc(COc2ccc(F)cc2Cl)o1. The van der Waals surface area contributed by atoms with Gasteiger partial charge in [-0.05, 0) is 57.0 Å². The Balaban J connectivity index is 1.65. The molecule has 4 rings (SSSR count). The summed E-state index contributed by atoms with van der Waals surface area (Å²) in [6.45, 7) is 3.80. The predicted octanol–water partition coefficient (Wildman–Crippen LogP) is 5.18. The van der Waals surface area contributed by atoms with Crippen LogP contribution in [0.4, 0.5) is 4.39 Å². The number of benzene rings is 1. The monoisotopic (exact) mass is 459 g/mol. The van der Waals surface area contributed by atoms with Gasteiger partial charge in [-0.2, -0.15) is 0 Å². The van der Waals surface area contributed by atoms with E-state index in [0.29, 0.717) is 40.5 Å². The van der Waals surface area contributed by atoms with Crippen LogP contribution in [0.1, 0.15) is 50.5 Å². The number of allylic oxidation sites excluding steroid dienone is 3. The maximum atomic E-state index is 13.2. The molecule has 1 aromatic carbocycles. The highest BCUT2D eigenvalue weighted by Gasteiger charge is 2.40. The van der Waals surface area contributed by atoms with Crippen LogP contribution in [0.3, 0.4) is 0 Å². The van der Waals surface area contributed by atoms with Crippen molar-refractivity contribution in [3.05, 3.63) is 75.2 Å². The van der Waals surface area contributed by atoms with Crippen LogP contribution in [-0.4, -0.2) is 18.4 Å². The topological polar surface area (TPSA) is 77.8 Å². The first-order valence-corrected chi connectivity index (χ1v) is 10.8. The zero-order valence-electron chi connectivity index (χ0n) is 17.8. The summed E-state index contributed by atoms with van der Waals surface area (Å²) < 4.78 is 30.2. The van der Waals surface area contributed by atoms with Crippen molar-refractivity contribution in [1.29, 1.82) is 0 Å². The van der Waals surface area contributed by atoms with Crippen LogP contribution >= 0.6 is 11.6 Å². The second kappa shape index (κ2) is 9.20. The lowest BCUT2D eigenvalue weighted by Crippen LogP contribution is -2.34. The number of esters is 1. The fraction of sp³-hybridized carbons (Fsp3) is 0.333. The van der Waals surface area contributed by atoms with Gasteiger partial charge in [-0.15, -0.1) is 0 Å². The first kappa shape index (κ1) is 22.1. The van der Waals surface area contributed by atoms with Gasteiger partial charge in [0.2, 0.25) is 0 Å². The van der Waals surface area contributed by atoms with Crippen LogP contribution in [0, 0.1) is 5.82 Å². The maximum absolute atomic E-state index is 13.2. The molecule has 0 radical (unpaired) electrons. The van der Waals surface area contributed by atoms with Gasteiger partial charge < -0.3 is 19.2 Å². The van der Waals surface area contributed by atoms with Gasteiger partial charge in [0.1, 0.15) is 29.7 Å². The Morgan fingerprint density at radius 3 is 2.84 bits per heavy atom. The number of carbonyl (C=O) groups is 2. The van der Waals surface area contributed by atoms with Gasteiger partial charge in [0.25, 0.3) is 0 Å². The largest absolute Gasteiger partial charge is 0.484 e. The van der Waals surface area contributed by atoms with Crippen molar-refractivity contribution in [2.45, 2.75) is 45.6 Å². The van der Waals surface area contributed by atoms with Gasteiger partial charge in [0.15, 0.2) is 5.78 Å². The minimum atomic E-state index is -0.652. The number of ketones is 1. The summed E-state index contributed by atoms with van der Waals surface area (Å²) in [5.41, 5.74) is 2.39. The smallest absolute Gasteiger partial charge is 0.336 e. The van der Waals surface area contributed by atoms with Crippen LogP contribution in [0.25, 0.3) is 0 Å². The number of hydrogen-bond acceptors (Lipinski definition) is 6. The summed E-state index contributed by atoms with van der Waals surface area (Å²) in [6.07, 6.45) is 1.91. The van der Waals surface area contributed by atoms with Crippen LogP contribution in [0.15, 0.2) is 57.3 Å². The summed E-state index contributed by atoms with van der Waals surface area (Å²) in [5.74, 6) is -0.344. The van der Waals surface area contributed by atoms with Gasteiger partial charge in [0, 0.05) is 23.4 Å². The molecule has 8 heteroatoms. The Hall–Kier alpha value is -3.06. The van der Waals surface area contributed by atoms with Crippen molar-refractivity contribution in [2.24, 2.45) is 0 Å². The molecule has 0 spiro atoms. The number of carbonyl (C=O) groups excluding carboxylic acids is 2. The number of dihydropyridines is 1. The number of hydrogen-bond donors (Lipinski definition) is 1. The van der Waals surface area contributed by atoms with Crippen LogP contribution < -0.4 is 10.1 Å². The summed E-state index contributed by atoms with van der Waals surface area (Å²) in [5, 5.41) is 3.38. The molecule has 6 nitrogen and oxygen atoms in total. The fourth-order valence-corrected chi connectivity index (χ4v) is 4.34. The third-order valence-electron chi connectivity index (χ3n) is 5.50. The van der Waals surface area contributed by atoms with E-state index < -0.39 is 17.7 Å². The molecule has 32 heavy (non-hydrogen) atoms. The molecule has 1 aliphatic heterocycles. The van der Waals surface area contributed by atoms with Crippen molar-refractivity contribution in [3.63, 3.8) is 0 Å². The molecule has 1 aliphatic carbocycles. The van der Waals surface area contributed by atoms with E-state index in [2.05, 4.69) is 5.32 Å². The Labute approximate surface area is 190 Å². The quantitative estimate of drug-likeness (QED) is 0.599. The molecule has 1 aromatic heterocycles. The lowest BCUT2D eigenvalue weighted by Gasteiger charge is -2.32. The number of Topliss-reactive ketones (excluding diaryl/α,β-unsaturated/α-hetero) is 1. The molecule has 0 amide bonds. The van der Waals surface area contributed by atoms with E-state index in [0.717, 1.165) is 18.5 Å². The van der Waals surface area contributed by atoms with Crippen LogP contribution in [-0.2, 0) is 20.9 Å². The standard InChI is InChI=1S/C24H23ClFNO5/c1-3-30-24(29)21-13(2)27-17-5-4-6-18(28)22(17)23(21)20-10-8-15(32-20)12-31-19-9-7-14(26)11-16(19)25/h7-11,23,27H,3-6,12H2,1-2H3/t23-/m0/s1. The second-order valence-electron chi connectivity index (χ2n) is 7.65. The molecule has 0 unspecified atom stereocenters. The predicted molar refractivity (Wildman–Crippen MR) is 116 cm³/mol. The van der Waals surface area contributed by atoms with Crippen molar-refractivity contribution in [2.75, 3.05) is 6.61 Å². The number of furan rings is 1. The summed E-state index contributed by atoms with van der Waals surface area (Å²) in [4.78, 5) is 25.6. The summed E-state index contributed by atoms with van der Waals surface area (Å²) in [6, 6.07) is 7.32. The minimum Gasteiger partial charge on any atom is -0.484 e. The third-order valence-corrected chi connectivity index (χ3v) is 5.80. The van der Waals surface area contributed by atoms with E-state index in [4.69, 9.17) is 25.5 Å². The molecular weight excluding hydrogens is 437 g/mol. The molecule has 1 atom stereocenters. The molecule has 2 aromatic rings. The Kier molecular flexibility index (Phi) is 6.37. The van der Waals surface area contributed by atoms with E-state index in [1.54, 1.807) is 26.0 Å². The van der Waals surface area contributed by atoms with Crippen molar-refractivity contribution in [1.82, 2.24) is 5.32 Å². The van der Waals surface area contributed by atoms with Crippen molar-refractivity contribution in [3.8, 4) is 5.75 Å². The normalized spacial score (nSPS) is 18.4. The van der Waals surface area contributed by atoms with E-state index in [1.807, 2.05) is 0 Å². The molecule has 0 bridgehead atoms. The van der Waals surface area contributed by atoms with Gasteiger partial charge >= 0.3 is 5.97 Å². The number of nitrogens with one attached hydrogen (secondary N) is 1. The molecule has 0 saturated heterocycles. The minimum absolute atomic E-state index is 0.00894. The van der Waals surface area contributed by atoms with Crippen LogP contribution in [0.2, 0.25) is 5.02 Å². The summed E-state index contributed by atoms with van der Waals surface area (Å²) >= 11 is 6.01. The van der Waals surface area contributed by atoms with Gasteiger partial charge in [-0.3, -0.25) is 4.79 Å². The van der Waals surface area contributed by atoms with Crippen molar-refractivity contribution < 1.29 is 27.9 Å². The highest BCUT2D eigenvalue weighted by Crippen LogP contribution is 2.43. The lowest BCUT2D eigenvalue weighted by atomic mass is 9.77. The average Bonchev–Trinajstić information content (AvgIpc) is 3.21. The van der Waals surface area contributed by atoms with Gasteiger partial charge in [-0.1, -0.05) is 11.6 Å². The molecular formula is C24H23ClFNO5. The van der Waals surface area contributed by atoms with Gasteiger partial charge in [-0.25, -0.2) is 9.18 Å². The number of ether oxygens (including phenoxy) is 2. The fourth-order valence-electron chi connectivity index (χ4n) is 4.12. The third kappa shape index (κ3) is 4.30. The van der Waals surface area contributed by atoms with Crippen molar-refractivity contribution >= 4 is 23.4 Å². The zero-order chi connectivity index (χ0) is 22.8. The van der Waals surface area contributed by atoms with Crippen LogP contribution in [0.5, 0.6) is 5.75 Å². The number of halogens is 2. The molecule has 1 N–H and O–H groups in total. The van der Waals surface area contributed by atoms with E-state index >= 15 is 0 Å². The van der Waals surface area contributed by atoms with E-state index in [-0.39, 0.29) is 24.0 Å². The zero-order valence-corrected chi connectivity index (χ0v) is 18.6. The van der Waals surface area contributed by atoms with Gasteiger partial charge in [0.05, 0.1) is 23.1 Å². The Morgan fingerprint density at radius 2 is 2.09 bits per heavy atom. The number of rotatable bonds is 6. The Bertz CT molecular complexity index is 1130. The Morgan fingerprint density at radius 1 is 1.28 bits per heavy atom. The van der Waals surface area contributed by atoms with E-state index in [1.165, 1.54) is 18.2 Å². The highest BCUT2D eigenvalue weighted by molar-refractivity contribution is 6.32. The molecule has 168 valence electrons. The maximum Gasteiger partial charge on any atom is 0.336 e. The molecule has 0 fully saturated rings. The first-order chi connectivity index (χ1) is 15.4. The first-order valence-electron chi connectivity index (χ1n) is 10.5. The second-order valence-corrected chi connectivity index (χ2v) is 8.06. The molecule has 0 saturated carbocycles. The highest BCUT2D eigenvalue weighted by atomic mass is 35.5. The molecule has 2 aliphatic rings. The van der Waals surface area contributed by atoms with E-state index in [9.17, 15) is 14.0 Å².